The van der Waals surface area contributed by atoms with E-state index in [-0.39, 0.29) is 5.56 Å². The van der Waals surface area contributed by atoms with Crippen LogP contribution in [0, 0.1) is 0 Å². The second kappa shape index (κ2) is 4.55. The summed E-state index contributed by atoms with van der Waals surface area (Å²) in [6.07, 6.45) is -4.57. The summed E-state index contributed by atoms with van der Waals surface area (Å²) in [4.78, 5) is 16.8. The van der Waals surface area contributed by atoms with E-state index in [1.165, 1.54) is 12.1 Å². The molecule has 0 aliphatic carbocycles. The molecule has 0 radical (unpaired) electrons. The van der Waals surface area contributed by atoms with Crippen molar-refractivity contribution in [2.45, 2.75) is 12.8 Å². The molecule has 0 aromatic heterocycles. The van der Waals surface area contributed by atoms with Gasteiger partial charge in [-0.05, 0) is 11.6 Å². The van der Waals surface area contributed by atoms with Crippen molar-refractivity contribution in [3.05, 3.63) is 35.4 Å². The molecule has 1 aromatic carbocycles. The fourth-order valence-corrected chi connectivity index (χ4v) is 1.38. The lowest BCUT2D eigenvalue weighted by atomic mass is 10.1. The van der Waals surface area contributed by atoms with Gasteiger partial charge in [0.05, 0.1) is 12.2 Å². The minimum absolute atomic E-state index is 0.321. The first-order chi connectivity index (χ1) is 7.20. The fourth-order valence-electron chi connectivity index (χ4n) is 1.08. The van der Waals surface area contributed by atoms with Crippen LogP contribution in [0.5, 0.6) is 0 Å². The molecule has 90 valence electrons. The summed E-state index contributed by atoms with van der Waals surface area (Å²) < 4.78 is 51.6. The van der Waals surface area contributed by atoms with Gasteiger partial charge in [0.1, 0.15) is 0 Å². The van der Waals surface area contributed by atoms with Gasteiger partial charge in [0.2, 0.25) is 0 Å². The molecule has 1 aromatic rings. The van der Waals surface area contributed by atoms with Crippen molar-refractivity contribution in [2.75, 3.05) is 0 Å². The standard InChI is InChI=1S/C8H8F3O4P/c9-8(10,11)7-4-2-1-3-6(7)5-15-16(12,13)14/h1-4H,5H2,(H2,12,13,14). The van der Waals surface area contributed by atoms with Crippen LogP contribution in [0.4, 0.5) is 13.2 Å². The Morgan fingerprint density at radius 2 is 1.81 bits per heavy atom. The van der Waals surface area contributed by atoms with Crippen molar-refractivity contribution in [3.63, 3.8) is 0 Å². The Bertz CT molecular complexity index is 412. The third-order valence-corrected chi connectivity index (χ3v) is 2.18. The van der Waals surface area contributed by atoms with Gasteiger partial charge in [0.15, 0.2) is 0 Å². The number of phosphoric acid groups is 1. The summed E-state index contributed by atoms with van der Waals surface area (Å²) in [7, 11) is -4.77. The summed E-state index contributed by atoms with van der Waals surface area (Å²) >= 11 is 0. The number of halogens is 3. The van der Waals surface area contributed by atoms with Crippen LogP contribution < -0.4 is 0 Å². The number of hydrogen-bond acceptors (Lipinski definition) is 2. The molecule has 0 saturated carbocycles. The van der Waals surface area contributed by atoms with Gasteiger partial charge in [-0.25, -0.2) is 4.57 Å². The Balaban J connectivity index is 2.92. The first-order valence-corrected chi connectivity index (χ1v) is 5.58. The first kappa shape index (κ1) is 13.2. The van der Waals surface area contributed by atoms with Crippen molar-refractivity contribution in [2.24, 2.45) is 0 Å². The number of hydrogen-bond donors (Lipinski definition) is 2. The van der Waals surface area contributed by atoms with E-state index in [1.54, 1.807) is 0 Å². The Kier molecular flexibility index (Phi) is 3.75. The molecule has 0 unspecified atom stereocenters. The SMILES string of the molecule is O=P(O)(O)OCc1ccccc1C(F)(F)F. The second-order valence-electron chi connectivity index (χ2n) is 2.92. The van der Waals surface area contributed by atoms with Crippen LogP contribution in [0.1, 0.15) is 11.1 Å². The summed E-state index contributed by atoms with van der Waals surface area (Å²) in [5, 5.41) is 0. The molecule has 0 bridgehead atoms. The molecule has 4 nitrogen and oxygen atoms in total. The lowest BCUT2D eigenvalue weighted by Crippen LogP contribution is -2.09. The van der Waals surface area contributed by atoms with Gasteiger partial charge >= 0.3 is 14.0 Å². The number of phosphoric ester groups is 1. The van der Waals surface area contributed by atoms with Crippen LogP contribution in [0.15, 0.2) is 24.3 Å². The van der Waals surface area contributed by atoms with E-state index in [4.69, 9.17) is 9.79 Å². The zero-order chi connectivity index (χ0) is 12.4. The van der Waals surface area contributed by atoms with Crippen molar-refractivity contribution in [1.82, 2.24) is 0 Å². The Labute approximate surface area is 88.9 Å². The van der Waals surface area contributed by atoms with Crippen LogP contribution in [0.2, 0.25) is 0 Å². The van der Waals surface area contributed by atoms with E-state index in [9.17, 15) is 17.7 Å². The summed E-state index contributed by atoms with van der Waals surface area (Å²) in [5.41, 5.74) is -1.29. The maximum atomic E-state index is 12.4. The molecule has 2 N–H and O–H groups in total. The van der Waals surface area contributed by atoms with E-state index < -0.39 is 26.2 Å². The lowest BCUT2D eigenvalue weighted by Gasteiger charge is -2.12. The molecule has 0 amide bonds. The van der Waals surface area contributed by atoms with Crippen LogP contribution in [-0.4, -0.2) is 9.79 Å². The van der Waals surface area contributed by atoms with Gasteiger partial charge in [0, 0.05) is 0 Å². The second-order valence-corrected chi connectivity index (χ2v) is 4.16. The van der Waals surface area contributed by atoms with Crippen molar-refractivity contribution in [1.29, 1.82) is 0 Å². The zero-order valence-corrected chi connectivity index (χ0v) is 8.70. The van der Waals surface area contributed by atoms with Crippen LogP contribution in [0.25, 0.3) is 0 Å². The highest BCUT2D eigenvalue weighted by Gasteiger charge is 2.33. The monoisotopic (exact) mass is 256 g/mol. The average Bonchev–Trinajstić information content (AvgIpc) is 2.12. The normalized spacial score (nSPS) is 12.8. The Hall–Kier alpha value is -0.880. The highest BCUT2D eigenvalue weighted by molar-refractivity contribution is 7.46. The van der Waals surface area contributed by atoms with E-state index in [0.29, 0.717) is 0 Å². The van der Waals surface area contributed by atoms with Gasteiger partial charge in [-0.2, -0.15) is 13.2 Å². The lowest BCUT2D eigenvalue weighted by molar-refractivity contribution is -0.138. The molecule has 1 rings (SSSR count). The Morgan fingerprint density at radius 3 is 2.31 bits per heavy atom. The summed E-state index contributed by atoms with van der Waals surface area (Å²) in [6, 6.07) is 4.42. The van der Waals surface area contributed by atoms with E-state index >= 15 is 0 Å². The molecular weight excluding hydrogens is 248 g/mol. The molecule has 0 atom stereocenters. The van der Waals surface area contributed by atoms with Crippen molar-refractivity contribution < 1.29 is 32.0 Å². The van der Waals surface area contributed by atoms with Gasteiger partial charge in [0.25, 0.3) is 0 Å². The molecule has 0 fully saturated rings. The smallest absolute Gasteiger partial charge is 0.303 e. The molecular formula is C8H8F3O4P. The maximum Gasteiger partial charge on any atom is 0.469 e. The number of rotatable bonds is 3. The topological polar surface area (TPSA) is 66.8 Å². The molecule has 0 spiro atoms. The van der Waals surface area contributed by atoms with Crippen LogP contribution >= 0.6 is 7.82 Å². The highest BCUT2D eigenvalue weighted by Crippen LogP contribution is 2.39. The molecule has 0 aliphatic rings. The minimum Gasteiger partial charge on any atom is -0.303 e. The van der Waals surface area contributed by atoms with E-state index in [2.05, 4.69) is 4.52 Å². The van der Waals surface area contributed by atoms with Gasteiger partial charge < -0.3 is 9.79 Å². The Morgan fingerprint density at radius 1 is 1.25 bits per heavy atom. The number of benzene rings is 1. The number of alkyl halides is 3. The van der Waals surface area contributed by atoms with Crippen molar-refractivity contribution >= 4 is 7.82 Å². The third kappa shape index (κ3) is 3.94. The van der Waals surface area contributed by atoms with E-state index in [0.717, 1.165) is 12.1 Å². The van der Waals surface area contributed by atoms with Gasteiger partial charge in [-0.15, -0.1) is 0 Å². The molecule has 16 heavy (non-hydrogen) atoms. The van der Waals surface area contributed by atoms with Crippen LogP contribution in [0.3, 0.4) is 0 Å². The van der Waals surface area contributed by atoms with Crippen LogP contribution in [-0.2, 0) is 21.9 Å². The van der Waals surface area contributed by atoms with E-state index in [1.807, 2.05) is 0 Å². The predicted molar refractivity (Wildman–Crippen MR) is 48.3 cm³/mol. The molecule has 0 aliphatic heterocycles. The molecule has 8 heteroatoms. The summed E-state index contributed by atoms with van der Waals surface area (Å²) in [5.74, 6) is 0. The third-order valence-electron chi connectivity index (χ3n) is 1.71. The minimum atomic E-state index is -4.77. The van der Waals surface area contributed by atoms with Gasteiger partial charge in [-0.1, -0.05) is 18.2 Å². The average molecular weight is 256 g/mol. The fraction of sp³-hybridized carbons (Fsp3) is 0.250. The largest absolute Gasteiger partial charge is 0.469 e. The first-order valence-electron chi connectivity index (χ1n) is 4.05. The molecule has 0 heterocycles. The van der Waals surface area contributed by atoms with Crippen molar-refractivity contribution in [3.8, 4) is 0 Å². The maximum absolute atomic E-state index is 12.4. The zero-order valence-electron chi connectivity index (χ0n) is 7.81. The summed E-state index contributed by atoms with van der Waals surface area (Å²) in [6.45, 7) is -0.792. The quantitative estimate of drug-likeness (QED) is 0.814. The van der Waals surface area contributed by atoms with Gasteiger partial charge in [-0.3, -0.25) is 4.52 Å². The molecule has 0 saturated heterocycles. The predicted octanol–water partition coefficient (Wildman–Crippen LogP) is 2.31. The highest BCUT2D eigenvalue weighted by atomic mass is 31.2.